The quantitative estimate of drug-likeness (QED) is 0.0114. The van der Waals surface area contributed by atoms with Crippen LogP contribution in [0.15, 0.2) is 0 Å². The molecule has 0 aromatic heterocycles. The summed E-state index contributed by atoms with van der Waals surface area (Å²) in [5, 5.41) is 99.9. The predicted molar refractivity (Wildman–Crippen MR) is 217 cm³/mol. The van der Waals surface area contributed by atoms with Gasteiger partial charge in [-0.2, -0.15) is 0 Å². The maximum atomic E-state index is 11.1. The molecule has 0 aliphatic carbocycles. The molecule has 0 aliphatic heterocycles. The van der Waals surface area contributed by atoms with Crippen molar-refractivity contribution in [1.29, 1.82) is 0 Å². The first kappa shape index (κ1) is 83.1. The zero-order chi connectivity index (χ0) is 54.3. The summed E-state index contributed by atoms with van der Waals surface area (Å²) >= 11 is 0. The average Bonchev–Trinajstić information content (AvgIpc) is 3.21. The Morgan fingerprint density at radius 1 is 0.236 bits per heavy atom. The van der Waals surface area contributed by atoms with Gasteiger partial charge in [0.1, 0.15) is 23.7 Å². The number of esters is 4. The number of hydrogen-bond acceptors (Lipinski definition) is 24. The van der Waals surface area contributed by atoms with Crippen molar-refractivity contribution in [3.8, 4) is 0 Å². The van der Waals surface area contributed by atoms with E-state index in [1.54, 1.807) is 0 Å². The minimum absolute atomic E-state index is 0. The van der Waals surface area contributed by atoms with Crippen LogP contribution >= 0.6 is 0 Å². The molecule has 384 valence electrons. The summed E-state index contributed by atoms with van der Waals surface area (Å²) in [5.41, 5.74) is 0. The van der Waals surface area contributed by atoms with Gasteiger partial charge in [-0.15, -0.1) is 0 Å². The van der Waals surface area contributed by atoms with Crippen LogP contribution in [0.2, 0.25) is 0 Å². The molecule has 0 heterocycles. The molecule has 4 unspecified atom stereocenters. The number of Topliss-reactive ketones (excluding diaryl/α,β-unsaturated/α-hetero) is 4. The first-order chi connectivity index (χ1) is 31.0. The van der Waals surface area contributed by atoms with Gasteiger partial charge in [0.2, 0.25) is 0 Å². The van der Waals surface area contributed by atoms with Gasteiger partial charge in [-0.3, -0.25) is 57.5 Å². The Morgan fingerprint density at radius 2 is 0.361 bits per heavy atom. The number of carbonyl (C=O) groups is 20. The summed E-state index contributed by atoms with van der Waals surface area (Å²) < 4.78 is 15.7. The van der Waals surface area contributed by atoms with E-state index in [9.17, 15) is 95.9 Å². The van der Waals surface area contributed by atoms with Gasteiger partial charge >= 0.3 is 214 Å². The van der Waals surface area contributed by atoms with E-state index in [1.165, 1.54) is 0 Å². The maximum absolute atomic E-state index is 11.1. The molecule has 0 saturated carbocycles. The summed E-state index contributed by atoms with van der Waals surface area (Å²) in [6, 6.07) is 0. The Balaban J connectivity index is -0.000000124. The second-order valence-corrected chi connectivity index (χ2v) is 11.3. The number of carbonyl (C=O) groups excluding carboxylic acids is 8. The molecule has 72 heavy (non-hydrogen) atoms. The van der Waals surface area contributed by atoms with Crippen LogP contribution in [0.25, 0.3) is 0 Å². The number of ether oxygens (including phenoxy) is 4. The fourth-order valence-electron chi connectivity index (χ4n) is 3.23. The van der Waals surface area contributed by atoms with Gasteiger partial charge in [-0.05, 0) is 0 Å². The zero-order valence-electron chi connectivity index (χ0n) is 33.1. The number of carboxylic acids is 12. The molecule has 12 N–H and O–H groups in total. The van der Waals surface area contributed by atoms with Crippen LogP contribution in [0, 0.1) is 23.7 Å². The van der Waals surface area contributed by atoms with Crippen molar-refractivity contribution in [1.82, 2.24) is 0 Å². The van der Waals surface area contributed by atoms with E-state index in [2.05, 4.69) is 18.9 Å². The molecule has 36 nitrogen and oxygen atoms in total. The second-order valence-electron chi connectivity index (χ2n) is 11.3. The number of ketones is 4. The van der Waals surface area contributed by atoms with E-state index >= 15 is 0 Å². The van der Waals surface area contributed by atoms with Crippen LogP contribution < -0.4 is 0 Å². The van der Waals surface area contributed by atoms with E-state index < -0.39 is 194 Å². The number of hydrogen-bond donors (Lipinski definition) is 12. The molecule has 0 amide bonds. The monoisotopic (exact) mass is 1090 g/mol. The molecule has 0 saturated heterocycles. The van der Waals surface area contributed by atoms with Crippen molar-refractivity contribution in [2.45, 2.75) is 25.7 Å². The molecule has 4 atom stereocenters. The molecule has 0 bridgehead atoms. The Hall–Kier alpha value is -5.80. The molecule has 40 heteroatoms. The first-order valence-electron chi connectivity index (χ1n) is 16.5. The van der Waals surface area contributed by atoms with Gasteiger partial charge in [0.25, 0.3) is 23.1 Å². The van der Waals surface area contributed by atoms with E-state index in [1.807, 2.05) is 0 Å². The summed E-state index contributed by atoms with van der Waals surface area (Å²) in [6.45, 7) is -4.43. The third-order valence-electron chi connectivity index (χ3n) is 6.09. The van der Waals surface area contributed by atoms with Crippen molar-refractivity contribution in [2.75, 3.05) is 26.4 Å². The van der Waals surface area contributed by atoms with Crippen molar-refractivity contribution >= 4 is 237 Å². The molecular formula is C32H36Na4O36. The van der Waals surface area contributed by atoms with Crippen LogP contribution in [0.5, 0.6) is 0 Å². The Bertz CT molecular complexity index is 1790. The van der Waals surface area contributed by atoms with E-state index in [-0.39, 0.29) is 118 Å². The molecule has 0 aromatic rings. The molecule has 0 spiro atoms. The van der Waals surface area contributed by atoms with Crippen LogP contribution in [0.4, 0.5) is 0 Å². The van der Waals surface area contributed by atoms with Crippen molar-refractivity contribution in [3.05, 3.63) is 0 Å². The molecule has 0 fully saturated rings. The normalized spacial score (nSPS) is 10.7. The van der Waals surface area contributed by atoms with Gasteiger partial charge in [-0.25, -0.2) is 38.4 Å². The Kier molecular flexibility index (Phi) is 50.7. The van der Waals surface area contributed by atoms with Crippen molar-refractivity contribution in [3.63, 3.8) is 0 Å². The van der Waals surface area contributed by atoms with Gasteiger partial charge < -0.3 is 80.2 Å². The third kappa shape index (κ3) is 41.9. The minimum atomic E-state index is -2.09. The van der Waals surface area contributed by atoms with E-state index in [0.717, 1.165) is 0 Å². The zero-order valence-corrected chi connectivity index (χ0v) is 33.1. The van der Waals surface area contributed by atoms with Crippen LogP contribution in [-0.2, 0) is 115 Å². The van der Waals surface area contributed by atoms with Crippen LogP contribution in [0.1, 0.15) is 25.7 Å². The fourth-order valence-corrected chi connectivity index (χ4v) is 3.23. The van der Waals surface area contributed by atoms with Crippen molar-refractivity contribution < 1.29 is 176 Å². The molecular weight excluding hydrogens is 1050 g/mol. The van der Waals surface area contributed by atoms with Gasteiger partial charge in [0, 0.05) is 0 Å². The fraction of sp³-hybridized carbons (Fsp3) is 0.375. The SMILES string of the molecule is O=C(O)COC(=O)C(=O)C(CC(=O)O)C(=O)O.O=C(O)COC(=O)C(=O)C(CC(=O)O)C(=O)O.O=C(O)COC(=O)C(=O)C(CC(=O)O)C(=O)O.O=C(O)COC(=O)C(=O)C(CC(=O)O)C(=O)O.[NaH].[NaH].[NaH].[NaH]. The van der Waals surface area contributed by atoms with Gasteiger partial charge in [0.05, 0.1) is 25.7 Å². The molecule has 0 aromatic carbocycles. The summed E-state index contributed by atoms with van der Waals surface area (Å²) in [4.78, 5) is 211. The van der Waals surface area contributed by atoms with Crippen LogP contribution in [0.3, 0.4) is 0 Å². The second kappa shape index (κ2) is 43.9. The van der Waals surface area contributed by atoms with E-state index in [4.69, 9.17) is 61.3 Å². The van der Waals surface area contributed by atoms with Crippen LogP contribution in [-0.4, -0.2) is 325 Å². The third-order valence-corrected chi connectivity index (χ3v) is 6.09. The topological polar surface area (TPSA) is 621 Å². The standard InChI is InChI=1S/4C8H8O9.4Na.4H/c4*9-4(10)1-3(7(14)15)6(13)8(16)17-2-5(11)12;;;;;;;;/h4*3H,1-2H2,(H,9,10)(H,11,12)(H,14,15);;;;;;;;. The van der Waals surface area contributed by atoms with E-state index in [0.29, 0.717) is 0 Å². The summed E-state index contributed by atoms with van der Waals surface area (Å²) in [5.74, 6) is -41.2. The van der Waals surface area contributed by atoms with Gasteiger partial charge in [0.15, 0.2) is 26.4 Å². The molecule has 0 aliphatic rings. The predicted octanol–water partition coefficient (Wildman–Crippen LogP) is -9.16. The summed E-state index contributed by atoms with van der Waals surface area (Å²) in [6.07, 6.45) is -4.35. The number of aliphatic carboxylic acids is 12. The Labute approximate surface area is 484 Å². The van der Waals surface area contributed by atoms with Crippen molar-refractivity contribution in [2.24, 2.45) is 23.7 Å². The number of rotatable bonds is 28. The molecule has 0 rings (SSSR count). The molecule has 0 radical (unpaired) electrons. The number of carboxylic acid groups (broad SMARTS) is 12. The summed E-state index contributed by atoms with van der Waals surface area (Å²) in [7, 11) is 0. The first-order valence-corrected chi connectivity index (χ1v) is 16.5. The Morgan fingerprint density at radius 3 is 0.444 bits per heavy atom. The average molecular weight is 1090 g/mol. The van der Waals surface area contributed by atoms with Gasteiger partial charge in [-0.1, -0.05) is 0 Å².